The number of methoxy groups -OCH3 is 1. The molecule has 1 aliphatic carbocycles. The molecule has 1 N–H and O–H groups in total. The summed E-state index contributed by atoms with van der Waals surface area (Å²) in [4.78, 5) is 20.5. The molecule has 6 nitrogen and oxygen atoms in total. The van der Waals surface area contributed by atoms with Crippen LogP contribution in [-0.2, 0) is 11.3 Å². The second-order valence-corrected chi connectivity index (χ2v) is 8.49. The van der Waals surface area contributed by atoms with Crippen molar-refractivity contribution < 1.29 is 14.3 Å². The fourth-order valence-corrected chi connectivity index (χ4v) is 4.93. The highest BCUT2D eigenvalue weighted by molar-refractivity contribution is 7.17. The first-order valence-corrected chi connectivity index (χ1v) is 10.3. The number of thiazole rings is 1. The van der Waals surface area contributed by atoms with Crippen molar-refractivity contribution in [3.8, 4) is 16.3 Å². The Bertz CT molecular complexity index is 864. The van der Waals surface area contributed by atoms with Crippen LogP contribution in [0.2, 0.25) is 0 Å². The molecule has 2 atom stereocenters. The molecule has 2 aliphatic heterocycles. The number of carbonyl (C=O) groups is 1. The minimum absolute atomic E-state index is 0.110. The van der Waals surface area contributed by atoms with Crippen LogP contribution in [0.5, 0.6) is 5.75 Å². The largest absolute Gasteiger partial charge is 0.490 e. The minimum Gasteiger partial charge on any atom is -0.490 e. The van der Waals surface area contributed by atoms with Crippen molar-refractivity contribution in [1.29, 1.82) is 0 Å². The molecule has 5 rings (SSSR count). The highest BCUT2D eigenvalue weighted by Gasteiger charge is 2.39. The normalized spacial score (nSPS) is 24.5. The van der Waals surface area contributed by atoms with E-state index in [-0.39, 0.29) is 11.9 Å². The van der Waals surface area contributed by atoms with Crippen LogP contribution in [0.15, 0.2) is 24.3 Å². The van der Waals surface area contributed by atoms with Crippen molar-refractivity contribution in [2.75, 3.05) is 20.3 Å². The fourth-order valence-electron chi connectivity index (χ4n) is 3.87. The van der Waals surface area contributed by atoms with Crippen LogP contribution >= 0.6 is 11.3 Å². The Morgan fingerprint density at radius 3 is 2.96 bits per heavy atom. The standard InChI is InChI=1S/C20H23N3O3S/c1-25-11-12-8-13(9-21-12)23-10-16-18(20(23)24)27-19(22-16)15-4-2-3-5-17(15)26-14-6-7-14/h2-5,12-14,21H,6-11H2,1H3/t12-,13+/m0/s1. The van der Waals surface area contributed by atoms with E-state index in [4.69, 9.17) is 14.5 Å². The minimum atomic E-state index is 0.110. The summed E-state index contributed by atoms with van der Waals surface area (Å²) in [7, 11) is 1.71. The Kier molecular flexibility index (Phi) is 4.38. The number of carbonyl (C=O) groups excluding carboxylic acids is 1. The molecule has 0 radical (unpaired) electrons. The summed E-state index contributed by atoms with van der Waals surface area (Å²) in [5, 5.41) is 4.32. The Hall–Kier alpha value is -1.96. The Morgan fingerprint density at radius 1 is 1.33 bits per heavy atom. The number of benzene rings is 1. The summed E-state index contributed by atoms with van der Waals surface area (Å²) in [6.07, 6.45) is 3.51. The lowest BCUT2D eigenvalue weighted by Crippen LogP contribution is -2.36. The zero-order valence-corrected chi connectivity index (χ0v) is 16.1. The van der Waals surface area contributed by atoms with Crippen LogP contribution in [0, 0.1) is 0 Å². The van der Waals surface area contributed by atoms with Crippen molar-refractivity contribution >= 4 is 17.2 Å². The molecular formula is C20H23N3O3S. The molecule has 1 amide bonds. The lowest BCUT2D eigenvalue weighted by atomic mass is 10.1. The molecule has 0 spiro atoms. The van der Waals surface area contributed by atoms with Gasteiger partial charge in [0.1, 0.15) is 15.6 Å². The number of aromatic nitrogens is 1. The zero-order valence-electron chi connectivity index (χ0n) is 15.3. The SMILES string of the molecule is COC[C@@H]1C[C@@H](N2Cc3nc(-c4ccccc4OC4CC4)sc3C2=O)CN1. The van der Waals surface area contributed by atoms with Gasteiger partial charge in [-0.2, -0.15) is 0 Å². The maximum atomic E-state index is 13.0. The number of amides is 1. The quantitative estimate of drug-likeness (QED) is 0.828. The summed E-state index contributed by atoms with van der Waals surface area (Å²) in [5.41, 5.74) is 1.89. The predicted octanol–water partition coefficient (Wildman–Crippen LogP) is 2.68. The van der Waals surface area contributed by atoms with Gasteiger partial charge in [0.25, 0.3) is 5.91 Å². The fraction of sp³-hybridized carbons (Fsp3) is 0.500. The molecule has 3 aliphatic rings. The lowest BCUT2D eigenvalue weighted by Gasteiger charge is -2.23. The zero-order chi connectivity index (χ0) is 18.4. The molecule has 2 aromatic rings. The van der Waals surface area contributed by atoms with Crippen LogP contribution in [-0.4, -0.2) is 54.2 Å². The van der Waals surface area contributed by atoms with Gasteiger partial charge in [-0.1, -0.05) is 12.1 Å². The van der Waals surface area contributed by atoms with Crippen molar-refractivity contribution in [3.05, 3.63) is 34.8 Å². The Balaban J connectivity index is 1.35. The van der Waals surface area contributed by atoms with Crippen molar-refractivity contribution in [1.82, 2.24) is 15.2 Å². The van der Waals surface area contributed by atoms with Crippen LogP contribution in [0.1, 0.15) is 34.6 Å². The second kappa shape index (κ2) is 6.89. The van der Waals surface area contributed by atoms with Gasteiger partial charge in [0.05, 0.1) is 30.5 Å². The van der Waals surface area contributed by atoms with Gasteiger partial charge >= 0.3 is 0 Å². The maximum absolute atomic E-state index is 13.0. The predicted molar refractivity (Wildman–Crippen MR) is 103 cm³/mol. The van der Waals surface area contributed by atoms with E-state index in [9.17, 15) is 4.79 Å². The number of fused-ring (bicyclic) bond motifs is 1. The van der Waals surface area contributed by atoms with E-state index in [0.29, 0.717) is 25.3 Å². The third-order valence-corrected chi connectivity index (χ3v) is 6.53. The van der Waals surface area contributed by atoms with E-state index in [0.717, 1.165) is 52.7 Å². The number of nitrogens with zero attached hydrogens (tertiary/aromatic N) is 2. The van der Waals surface area contributed by atoms with Crippen LogP contribution in [0.3, 0.4) is 0 Å². The van der Waals surface area contributed by atoms with Crippen molar-refractivity contribution in [2.45, 2.75) is 44.0 Å². The molecule has 27 heavy (non-hydrogen) atoms. The second-order valence-electron chi connectivity index (χ2n) is 7.49. The number of ether oxygens (including phenoxy) is 2. The van der Waals surface area contributed by atoms with Gasteiger partial charge in [0.15, 0.2) is 0 Å². The Morgan fingerprint density at radius 2 is 2.19 bits per heavy atom. The number of hydrogen-bond donors (Lipinski definition) is 1. The van der Waals surface area contributed by atoms with Crippen LogP contribution in [0.25, 0.3) is 10.6 Å². The first-order valence-electron chi connectivity index (χ1n) is 9.52. The number of hydrogen-bond acceptors (Lipinski definition) is 6. The molecule has 1 aromatic heterocycles. The van der Waals surface area contributed by atoms with E-state index in [1.165, 1.54) is 11.3 Å². The van der Waals surface area contributed by atoms with Crippen LogP contribution in [0.4, 0.5) is 0 Å². The number of para-hydroxylation sites is 1. The summed E-state index contributed by atoms with van der Waals surface area (Å²) >= 11 is 1.49. The van der Waals surface area contributed by atoms with Gasteiger partial charge < -0.3 is 19.7 Å². The average molecular weight is 385 g/mol. The molecule has 0 unspecified atom stereocenters. The summed E-state index contributed by atoms with van der Waals surface area (Å²) in [6.45, 7) is 2.10. The third kappa shape index (κ3) is 3.24. The van der Waals surface area contributed by atoms with Crippen LogP contribution < -0.4 is 10.1 Å². The van der Waals surface area contributed by atoms with Gasteiger partial charge in [0, 0.05) is 25.7 Å². The first-order chi connectivity index (χ1) is 13.2. The molecule has 3 heterocycles. The van der Waals surface area contributed by atoms with Gasteiger partial charge in [-0.15, -0.1) is 11.3 Å². The molecule has 7 heteroatoms. The molecule has 142 valence electrons. The van der Waals surface area contributed by atoms with Gasteiger partial charge in [-0.3, -0.25) is 4.79 Å². The molecule has 1 saturated heterocycles. The molecule has 0 bridgehead atoms. The van der Waals surface area contributed by atoms with E-state index in [1.54, 1.807) is 7.11 Å². The lowest BCUT2D eigenvalue weighted by molar-refractivity contribution is 0.0714. The van der Waals surface area contributed by atoms with Crippen molar-refractivity contribution in [2.24, 2.45) is 0 Å². The van der Waals surface area contributed by atoms with E-state index < -0.39 is 0 Å². The summed E-state index contributed by atoms with van der Waals surface area (Å²) in [6, 6.07) is 8.54. The van der Waals surface area contributed by atoms with Crippen molar-refractivity contribution in [3.63, 3.8) is 0 Å². The smallest absolute Gasteiger partial charge is 0.266 e. The van der Waals surface area contributed by atoms with E-state index in [2.05, 4.69) is 5.32 Å². The van der Waals surface area contributed by atoms with E-state index >= 15 is 0 Å². The Labute approximate surface area is 162 Å². The topological polar surface area (TPSA) is 63.7 Å². The number of rotatable bonds is 6. The van der Waals surface area contributed by atoms with E-state index in [1.807, 2.05) is 29.2 Å². The molecule has 1 saturated carbocycles. The monoisotopic (exact) mass is 385 g/mol. The summed E-state index contributed by atoms with van der Waals surface area (Å²) < 4.78 is 11.3. The molecule has 1 aromatic carbocycles. The summed E-state index contributed by atoms with van der Waals surface area (Å²) in [5.74, 6) is 0.985. The number of nitrogens with one attached hydrogen (secondary N) is 1. The molecular weight excluding hydrogens is 362 g/mol. The average Bonchev–Trinajstić information content (AvgIpc) is 3.09. The highest BCUT2D eigenvalue weighted by atomic mass is 32.1. The molecule has 2 fully saturated rings. The maximum Gasteiger partial charge on any atom is 0.266 e. The van der Waals surface area contributed by atoms with Gasteiger partial charge in [-0.05, 0) is 31.4 Å². The first kappa shape index (κ1) is 17.2. The van der Waals surface area contributed by atoms with Gasteiger partial charge in [-0.25, -0.2) is 4.98 Å². The highest BCUT2D eigenvalue weighted by Crippen LogP contribution is 2.40. The third-order valence-electron chi connectivity index (χ3n) is 5.42. The van der Waals surface area contributed by atoms with Gasteiger partial charge in [0.2, 0.25) is 0 Å².